The van der Waals surface area contributed by atoms with E-state index in [0.717, 1.165) is 18.4 Å². The van der Waals surface area contributed by atoms with Crippen LogP contribution < -0.4 is 10.6 Å². The molecule has 6 nitrogen and oxygen atoms in total. The van der Waals surface area contributed by atoms with Gasteiger partial charge in [-0.15, -0.1) is 0 Å². The average Bonchev–Trinajstić information content (AvgIpc) is 3.46. The maximum Gasteiger partial charge on any atom is 0.223 e. The third-order valence-corrected chi connectivity index (χ3v) is 5.00. The number of aliphatic hydroxyl groups excluding tert-OH is 1. The molecule has 7 heteroatoms. The first-order chi connectivity index (χ1) is 13.0. The Morgan fingerprint density at radius 2 is 1.85 bits per heavy atom. The van der Waals surface area contributed by atoms with Crippen molar-refractivity contribution in [1.29, 1.82) is 0 Å². The summed E-state index contributed by atoms with van der Waals surface area (Å²) >= 11 is 5.84. The van der Waals surface area contributed by atoms with Gasteiger partial charge in [0.05, 0.1) is 25.2 Å². The van der Waals surface area contributed by atoms with E-state index in [2.05, 4.69) is 10.6 Å². The molecule has 3 rings (SSSR count). The van der Waals surface area contributed by atoms with Crippen LogP contribution in [0.25, 0.3) is 0 Å². The Labute approximate surface area is 163 Å². The van der Waals surface area contributed by atoms with Gasteiger partial charge in [0.2, 0.25) is 11.8 Å². The number of hydrogen-bond donors (Lipinski definition) is 3. The summed E-state index contributed by atoms with van der Waals surface area (Å²) in [6, 6.07) is 6.90. The van der Waals surface area contributed by atoms with Crippen molar-refractivity contribution in [2.45, 2.75) is 50.5 Å². The van der Waals surface area contributed by atoms with Crippen LogP contribution >= 0.6 is 11.6 Å². The van der Waals surface area contributed by atoms with Crippen LogP contribution in [0.5, 0.6) is 0 Å². The highest BCUT2D eigenvalue weighted by Crippen LogP contribution is 2.32. The van der Waals surface area contributed by atoms with E-state index in [1.165, 1.54) is 0 Å². The highest BCUT2D eigenvalue weighted by molar-refractivity contribution is 6.30. The van der Waals surface area contributed by atoms with Crippen molar-refractivity contribution < 1.29 is 19.4 Å². The minimum atomic E-state index is -0.549. The Morgan fingerprint density at radius 3 is 2.52 bits per heavy atom. The van der Waals surface area contributed by atoms with Crippen molar-refractivity contribution in [2.24, 2.45) is 5.92 Å². The number of hydrogen-bond acceptors (Lipinski definition) is 4. The van der Waals surface area contributed by atoms with Crippen molar-refractivity contribution in [3.05, 3.63) is 47.0 Å². The molecule has 1 aliphatic carbocycles. The van der Waals surface area contributed by atoms with Crippen LogP contribution in [0.15, 0.2) is 36.4 Å². The number of benzene rings is 1. The molecule has 1 aromatic rings. The molecule has 27 heavy (non-hydrogen) atoms. The molecule has 1 aliphatic heterocycles. The van der Waals surface area contributed by atoms with Crippen LogP contribution in [-0.4, -0.2) is 41.8 Å². The molecule has 0 aromatic heterocycles. The topological polar surface area (TPSA) is 87.7 Å². The van der Waals surface area contributed by atoms with Gasteiger partial charge in [-0.1, -0.05) is 35.9 Å². The Kier molecular flexibility index (Phi) is 6.88. The number of carbonyl (C=O) groups excluding carboxylic acids is 2. The number of amides is 2. The first-order valence-corrected chi connectivity index (χ1v) is 9.66. The van der Waals surface area contributed by atoms with E-state index in [9.17, 15) is 14.7 Å². The summed E-state index contributed by atoms with van der Waals surface area (Å²) in [7, 11) is 0. The lowest BCUT2D eigenvalue weighted by atomic mass is 10.0. The molecule has 0 spiro atoms. The first kappa shape index (κ1) is 19.9. The molecular weight excluding hydrogens is 368 g/mol. The summed E-state index contributed by atoms with van der Waals surface area (Å²) in [5.74, 6) is 0.337. The summed E-state index contributed by atoms with van der Waals surface area (Å²) in [5, 5.41) is 16.0. The van der Waals surface area contributed by atoms with Gasteiger partial charge < -0.3 is 20.5 Å². The van der Waals surface area contributed by atoms with Crippen LogP contribution in [0.4, 0.5) is 0 Å². The maximum absolute atomic E-state index is 12.2. The van der Waals surface area contributed by atoms with Gasteiger partial charge in [-0.2, -0.15) is 0 Å². The predicted octanol–water partition coefficient (Wildman–Crippen LogP) is 1.95. The van der Waals surface area contributed by atoms with Crippen LogP contribution in [-0.2, 0) is 20.9 Å². The van der Waals surface area contributed by atoms with E-state index >= 15 is 0 Å². The zero-order valence-electron chi connectivity index (χ0n) is 15.1. The van der Waals surface area contributed by atoms with Gasteiger partial charge >= 0.3 is 0 Å². The summed E-state index contributed by atoms with van der Waals surface area (Å²) in [6.45, 7) is 0.192. The van der Waals surface area contributed by atoms with Crippen LogP contribution in [0.2, 0.25) is 5.02 Å². The second kappa shape index (κ2) is 9.35. The van der Waals surface area contributed by atoms with Gasteiger partial charge in [0.15, 0.2) is 0 Å². The molecule has 0 bridgehead atoms. The molecular formula is C20H25ClN2O4. The summed E-state index contributed by atoms with van der Waals surface area (Å²) in [4.78, 5) is 24.1. The predicted molar refractivity (Wildman–Crippen MR) is 102 cm³/mol. The third kappa shape index (κ3) is 6.34. The van der Waals surface area contributed by atoms with E-state index in [0.29, 0.717) is 23.9 Å². The summed E-state index contributed by atoms with van der Waals surface area (Å²) in [6.07, 6.45) is 5.52. The molecule has 3 atom stereocenters. The molecule has 3 N–H and O–H groups in total. The van der Waals surface area contributed by atoms with Gasteiger partial charge in [0.1, 0.15) is 6.10 Å². The molecule has 0 saturated heterocycles. The lowest BCUT2D eigenvalue weighted by molar-refractivity contribution is -0.128. The Hall–Kier alpha value is -1.89. The monoisotopic (exact) mass is 392 g/mol. The summed E-state index contributed by atoms with van der Waals surface area (Å²) in [5.41, 5.74) is 0.958. The minimum absolute atomic E-state index is 0.0200. The number of carbonyl (C=O) groups is 2. The maximum atomic E-state index is 12.2. The number of rotatable bonds is 8. The van der Waals surface area contributed by atoms with E-state index in [4.69, 9.17) is 16.3 Å². The highest BCUT2D eigenvalue weighted by atomic mass is 35.5. The van der Waals surface area contributed by atoms with Crippen molar-refractivity contribution in [1.82, 2.24) is 10.6 Å². The average molecular weight is 393 g/mol. The first-order valence-electron chi connectivity index (χ1n) is 9.28. The second-order valence-corrected chi connectivity index (χ2v) is 7.57. The van der Waals surface area contributed by atoms with Gasteiger partial charge in [0.25, 0.3) is 0 Å². The molecule has 1 heterocycles. The number of nitrogens with one attached hydrogen (secondary N) is 2. The zero-order valence-corrected chi connectivity index (χ0v) is 15.8. The fourth-order valence-electron chi connectivity index (χ4n) is 3.02. The van der Waals surface area contributed by atoms with E-state index in [1.807, 2.05) is 18.2 Å². The van der Waals surface area contributed by atoms with Crippen molar-refractivity contribution in [2.75, 3.05) is 6.61 Å². The molecule has 0 radical (unpaired) electrons. The Morgan fingerprint density at radius 1 is 1.11 bits per heavy atom. The standard InChI is InChI=1S/C20H25ClN2O4/c21-15-5-3-14(4-6-15)11-22-19(25)10-16-7-8-17(18(12-24)27-16)23-20(26)9-13-1-2-13/h3-8,13,16-18,24H,1-2,9-12H2,(H,22,25)(H,23,26)/t16-,17+,18+/m0/s1. The smallest absolute Gasteiger partial charge is 0.223 e. The molecule has 1 aromatic carbocycles. The SMILES string of the molecule is O=C(C[C@@H]1C=C[C@@H](NC(=O)CC2CC2)[C@@H](CO)O1)NCc1ccc(Cl)cc1. The third-order valence-electron chi connectivity index (χ3n) is 4.75. The number of halogens is 1. The molecule has 1 fully saturated rings. The summed E-state index contributed by atoms with van der Waals surface area (Å²) < 4.78 is 5.78. The molecule has 2 aliphatic rings. The lowest BCUT2D eigenvalue weighted by Crippen LogP contribution is -2.49. The minimum Gasteiger partial charge on any atom is -0.394 e. The Balaban J connectivity index is 1.45. The van der Waals surface area contributed by atoms with Gasteiger partial charge in [-0.3, -0.25) is 9.59 Å². The molecule has 1 saturated carbocycles. The van der Waals surface area contributed by atoms with Gasteiger partial charge in [-0.05, 0) is 36.5 Å². The van der Waals surface area contributed by atoms with Gasteiger partial charge in [-0.25, -0.2) is 0 Å². The molecule has 2 amide bonds. The second-order valence-electron chi connectivity index (χ2n) is 7.13. The fraction of sp³-hybridized carbons (Fsp3) is 0.500. The number of ether oxygens (including phenoxy) is 1. The largest absolute Gasteiger partial charge is 0.394 e. The zero-order chi connectivity index (χ0) is 19.2. The van der Waals surface area contributed by atoms with Crippen LogP contribution in [0, 0.1) is 5.92 Å². The normalized spacial score (nSPS) is 24.4. The quantitative estimate of drug-likeness (QED) is 0.590. The van der Waals surface area contributed by atoms with Crippen LogP contribution in [0.1, 0.15) is 31.2 Å². The van der Waals surface area contributed by atoms with Crippen molar-refractivity contribution in [3.63, 3.8) is 0 Å². The number of aliphatic hydroxyl groups is 1. The fourth-order valence-corrected chi connectivity index (χ4v) is 3.15. The Bertz CT molecular complexity index is 688. The molecule has 146 valence electrons. The van der Waals surface area contributed by atoms with E-state index in [1.54, 1.807) is 18.2 Å². The molecule has 0 unspecified atom stereocenters. The van der Waals surface area contributed by atoms with E-state index < -0.39 is 12.2 Å². The van der Waals surface area contributed by atoms with Gasteiger partial charge in [0, 0.05) is 18.0 Å². The van der Waals surface area contributed by atoms with Crippen molar-refractivity contribution >= 4 is 23.4 Å². The highest BCUT2D eigenvalue weighted by Gasteiger charge is 2.31. The van der Waals surface area contributed by atoms with E-state index in [-0.39, 0.29) is 30.9 Å². The van der Waals surface area contributed by atoms with Crippen molar-refractivity contribution in [3.8, 4) is 0 Å². The van der Waals surface area contributed by atoms with Crippen LogP contribution in [0.3, 0.4) is 0 Å². The lowest BCUT2D eigenvalue weighted by Gasteiger charge is -2.31.